The van der Waals surface area contributed by atoms with Crippen LogP contribution in [0.4, 0.5) is 0 Å². The fourth-order valence-corrected chi connectivity index (χ4v) is 4.23. The van der Waals surface area contributed by atoms with Crippen LogP contribution in [0.25, 0.3) is 0 Å². The molecule has 0 bridgehead atoms. The Morgan fingerprint density at radius 3 is 2.08 bits per heavy atom. The lowest BCUT2D eigenvalue weighted by Gasteiger charge is -2.21. The zero-order valence-corrected chi connectivity index (χ0v) is 15.8. The second-order valence-corrected chi connectivity index (χ2v) is 8.25. The molecular weight excluding hydrogens is 342 g/mol. The summed E-state index contributed by atoms with van der Waals surface area (Å²) in [5, 5.41) is 0. The van der Waals surface area contributed by atoms with Crippen molar-refractivity contribution in [2.24, 2.45) is 0 Å². The molecule has 0 radical (unpaired) electrons. The molecule has 0 amide bonds. The van der Waals surface area contributed by atoms with Crippen molar-refractivity contribution in [1.29, 1.82) is 0 Å². The second-order valence-electron chi connectivity index (χ2n) is 6.53. The van der Waals surface area contributed by atoms with Crippen molar-refractivity contribution in [3.05, 3.63) is 101 Å². The van der Waals surface area contributed by atoms with E-state index in [2.05, 4.69) is 4.72 Å². The Bertz CT molecular complexity index is 965. The van der Waals surface area contributed by atoms with Gasteiger partial charge < -0.3 is 0 Å². The minimum Gasteiger partial charge on any atom is -0.207 e. The van der Waals surface area contributed by atoms with Gasteiger partial charge in [-0.05, 0) is 49.1 Å². The van der Waals surface area contributed by atoms with Crippen molar-refractivity contribution in [3.8, 4) is 0 Å². The van der Waals surface area contributed by atoms with Gasteiger partial charge in [-0.15, -0.1) is 0 Å². The van der Waals surface area contributed by atoms with E-state index in [1.165, 1.54) is 0 Å². The van der Waals surface area contributed by atoms with E-state index in [-0.39, 0.29) is 10.9 Å². The van der Waals surface area contributed by atoms with Gasteiger partial charge in [-0.1, -0.05) is 72.3 Å². The number of rotatable bonds is 6. The molecule has 0 aromatic heterocycles. The van der Waals surface area contributed by atoms with E-state index in [4.69, 9.17) is 0 Å². The molecule has 0 aliphatic heterocycles. The minimum absolute atomic E-state index is 0.287. The smallest absolute Gasteiger partial charge is 0.207 e. The average molecular weight is 365 g/mol. The quantitative estimate of drug-likeness (QED) is 0.696. The van der Waals surface area contributed by atoms with Crippen LogP contribution in [0, 0.1) is 13.8 Å². The number of sulfonamides is 1. The maximum absolute atomic E-state index is 12.9. The summed E-state index contributed by atoms with van der Waals surface area (Å²) in [6.45, 7) is 3.95. The normalized spacial score (nSPS) is 12.7. The number of nitrogens with one attached hydrogen (secondary N) is 1. The first-order chi connectivity index (χ1) is 12.5. The molecule has 0 heterocycles. The van der Waals surface area contributed by atoms with Crippen LogP contribution in [0.2, 0.25) is 0 Å². The minimum atomic E-state index is -3.61. The second kappa shape index (κ2) is 7.85. The Morgan fingerprint density at radius 1 is 0.808 bits per heavy atom. The summed E-state index contributed by atoms with van der Waals surface area (Å²) in [7, 11) is -3.61. The third-order valence-electron chi connectivity index (χ3n) is 4.48. The van der Waals surface area contributed by atoms with Crippen LogP contribution in [0.15, 0.2) is 83.8 Å². The van der Waals surface area contributed by atoms with Gasteiger partial charge in [0.1, 0.15) is 0 Å². The highest BCUT2D eigenvalue weighted by Crippen LogP contribution is 2.24. The van der Waals surface area contributed by atoms with Crippen molar-refractivity contribution in [2.45, 2.75) is 31.2 Å². The molecule has 0 fully saturated rings. The van der Waals surface area contributed by atoms with Crippen LogP contribution in [0.5, 0.6) is 0 Å². The monoisotopic (exact) mass is 365 g/mol. The largest absolute Gasteiger partial charge is 0.241 e. The number of hydrogen-bond acceptors (Lipinski definition) is 2. The van der Waals surface area contributed by atoms with Gasteiger partial charge in [-0.3, -0.25) is 0 Å². The van der Waals surface area contributed by atoms with Crippen molar-refractivity contribution in [1.82, 2.24) is 4.72 Å². The highest BCUT2D eigenvalue weighted by atomic mass is 32.2. The molecule has 26 heavy (non-hydrogen) atoms. The highest BCUT2D eigenvalue weighted by Gasteiger charge is 2.22. The molecule has 3 rings (SSSR count). The van der Waals surface area contributed by atoms with E-state index >= 15 is 0 Å². The molecule has 0 saturated heterocycles. The first-order valence-corrected chi connectivity index (χ1v) is 10.1. The Balaban J connectivity index is 1.95. The maximum Gasteiger partial charge on any atom is 0.241 e. The Hall–Kier alpha value is -2.43. The maximum atomic E-state index is 12.9. The molecule has 1 N–H and O–H groups in total. The Kier molecular flexibility index (Phi) is 5.55. The summed E-state index contributed by atoms with van der Waals surface area (Å²) >= 11 is 0. The van der Waals surface area contributed by atoms with E-state index in [1.54, 1.807) is 12.1 Å². The van der Waals surface area contributed by atoms with Crippen LogP contribution in [-0.2, 0) is 16.4 Å². The van der Waals surface area contributed by atoms with Gasteiger partial charge in [-0.25, -0.2) is 13.1 Å². The average Bonchev–Trinajstić information content (AvgIpc) is 2.63. The highest BCUT2D eigenvalue weighted by molar-refractivity contribution is 7.89. The summed E-state index contributed by atoms with van der Waals surface area (Å²) in [6, 6.07) is 24.4. The van der Waals surface area contributed by atoms with E-state index in [1.807, 2.05) is 80.6 Å². The molecule has 3 aromatic rings. The summed E-state index contributed by atoms with van der Waals surface area (Å²) in [4.78, 5) is 0.287. The van der Waals surface area contributed by atoms with Crippen LogP contribution in [-0.4, -0.2) is 8.42 Å². The predicted octanol–water partition coefficient (Wildman–Crippen LogP) is 4.57. The third-order valence-corrected chi connectivity index (χ3v) is 5.96. The van der Waals surface area contributed by atoms with Crippen molar-refractivity contribution in [3.63, 3.8) is 0 Å². The summed E-state index contributed by atoms with van der Waals surface area (Å²) in [6.07, 6.45) is 0.594. The molecule has 4 heteroatoms. The van der Waals surface area contributed by atoms with Crippen LogP contribution in [0.3, 0.4) is 0 Å². The van der Waals surface area contributed by atoms with E-state index in [0.717, 1.165) is 22.3 Å². The molecule has 0 saturated carbocycles. The topological polar surface area (TPSA) is 46.2 Å². The molecule has 1 unspecified atom stereocenters. The van der Waals surface area contributed by atoms with Crippen molar-refractivity contribution < 1.29 is 8.42 Å². The molecule has 1 atom stereocenters. The summed E-state index contributed by atoms with van der Waals surface area (Å²) in [5.74, 6) is 0. The number of benzene rings is 3. The summed E-state index contributed by atoms with van der Waals surface area (Å²) < 4.78 is 28.7. The van der Waals surface area contributed by atoms with Crippen LogP contribution >= 0.6 is 0 Å². The van der Waals surface area contributed by atoms with Gasteiger partial charge in [0.25, 0.3) is 0 Å². The Morgan fingerprint density at radius 2 is 1.42 bits per heavy atom. The van der Waals surface area contributed by atoms with E-state index < -0.39 is 10.0 Å². The lowest BCUT2D eigenvalue weighted by atomic mass is 9.96. The van der Waals surface area contributed by atoms with Gasteiger partial charge in [0.05, 0.1) is 10.9 Å². The van der Waals surface area contributed by atoms with Gasteiger partial charge in [-0.2, -0.15) is 0 Å². The van der Waals surface area contributed by atoms with Gasteiger partial charge in [0.2, 0.25) is 10.0 Å². The fourth-order valence-electron chi connectivity index (χ4n) is 3.02. The SMILES string of the molecule is Cc1ccc(S(=O)(=O)NC(Cc2ccccc2)c2ccccc2C)cc1. The molecule has 3 nitrogen and oxygen atoms in total. The number of aryl methyl sites for hydroxylation is 2. The first-order valence-electron chi connectivity index (χ1n) is 8.64. The zero-order valence-electron chi connectivity index (χ0n) is 15.0. The number of hydrogen-bond donors (Lipinski definition) is 1. The molecular formula is C22H23NO2S. The lowest BCUT2D eigenvalue weighted by Crippen LogP contribution is -2.30. The van der Waals surface area contributed by atoms with E-state index in [9.17, 15) is 8.42 Å². The molecule has 0 spiro atoms. The molecule has 3 aromatic carbocycles. The predicted molar refractivity (Wildman–Crippen MR) is 106 cm³/mol. The molecule has 134 valence electrons. The first kappa shape index (κ1) is 18.4. The Labute approximate surface area is 155 Å². The summed E-state index contributed by atoms with van der Waals surface area (Å²) in [5.41, 5.74) is 4.18. The van der Waals surface area contributed by atoms with Gasteiger partial charge in [0.15, 0.2) is 0 Å². The van der Waals surface area contributed by atoms with Crippen molar-refractivity contribution in [2.75, 3.05) is 0 Å². The van der Waals surface area contributed by atoms with Crippen LogP contribution < -0.4 is 4.72 Å². The van der Waals surface area contributed by atoms with Gasteiger partial charge >= 0.3 is 0 Å². The molecule has 0 aliphatic rings. The standard InChI is InChI=1S/C22H23NO2S/c1-17-12-14-20(15-13-17)26(24,25)23-22(16-19-9-4-3-5-10-19)21-11-7-6-8-18(21)2/h3-15,22-23H,16H2,1-2H3. The lowest BCUT2D eigenvalue weighted by molar-refractivity contribution is 0.554. The van der Waals surface area contributed by atoms with E-state index in [0.29, 0.717) is 6.42 Å². The molecule has 0 aliphatic carbocycles. The third kappa shape index (κ3) is 4.40. The van der Waals surface area contributed by atoms with Crippen molar-refractivity contribution >= 4 is 10.0 Å². The zero-order chi connectivity index (χ0) is 18.6. The fraction of sp³-hybridized carbons (Fsp3) is 0.182. The van der Waals surface area contributed by atoms with Crippen LogP contribution in [0.1, 0.15) is 28.3 Å². The van der Waals surface area contributed by atoms with Gasteiger partial charge in [0, 0.05) is 0 Å².